The third-order valence-electron chi connectivity index (χ3n) is 4.96. The molecule has 0 aliphatic rings. The van der Waals surface area contributed by atoms with Crippen LogP contribution in [0.2, 0.25) is 0 Å². The number of carbonyl (C=O) groups excluding carboxylic acids is 1. The minimum absolute atomic E-state index is 0.154. The monoisotopic (exact) mass is 408 g/mol. The Hall–Kier alpha value is -3.99. The summed E-state index contributed by atoms with van der Waals surface area (Å²) in [5.41, 5.74) is 6.48. The van der Waals surface area contributed by atoms with Gasteiger partial charge in [0.2, 0.25) is 0 Å². The molecule has 0 fully saturated rings. The van der Waals surface area contributed by atoms with Crippen LogP contribution in [-0.4, -0.2) is 15.9 Å². The Kier molecular flexibility index (Phi) is 5.76. The summed E-state index contributed by atoms with van der Waals surface area (Å²) in [6.45, 7) is 6.06. The molecule has 4 rings (SSSR count). The van der Waals surface area contributed by atoms with Gasteiger partial charge in [-0.1, -0.05) is 47.5 Å². The van der Waals surface area contributed by atoms with Crippen LogP contribution in [0.15, 0.2) is 79.0 Å². The van der Waals surface area contributed by atoms with Crippen molar-refractivity contribution in [3.05, 3.63) is 101 Å². The van der Waals surface area contributed by atoms with E-state index in [1.54, 1.807) is 12.3 Å². The molecule has 4 aromatic rings. The first kappa shape index (κ1) is 20.3. The minimum atomic E-state index is -0.154. The van der Waals surface area contributed by atoms with Crippen LogP contribution in [0.25, 0.3) is 11.4 Å². The molecule has 2 N–H and O–H groups in total. The van der Waals surface area contributed by atoms with E-state index in [-0.39, 0.29) is 5.91 Å². The first-order valence-electron chi connectivity index (χ1n) is 10.1. The lowest BCUT2D eigenvalue weighted by atomic mass is 10.1. The topological polar surface area (TPSA) is 66.9 Å². The number of aromatic nitrogens is 2. The number of hydrogen-bond acceptors (Lipinski definition) is 4. The Morgan fingerprint density at radius 1 is 0.839 bits per heavy atom. The van der Waals surface area contributed by atoms with Gasteiger partial charge in [-0.25, -0.2) is 9.97 Å². The van der Waals surface area contributed by atoms with Gasteiger partial charge in [0, 0.05) is 28.7 Å². The smallest absolute Gasteiger partial charge is 0.255 e. The van der Waals surface area contributed by atoms with Crippen molar-refractivity contribution in [2.75, 3.05) is 10.6 Å². The molecule has 5 heteroatoms. The molecule has 3 aromatic carbocycles. The van der Waals surface area contributed by atoms with Crippen molar-refractivity contribution >= 4 is 23.1 Å². The van der Waals surface area contributed by atoms with Crippen molar-refractivity contribution in [3.63, 3.8) is 0 Å². The zero-order chi connectivity index (χ0) is 21.8. The maximum Gasteiger partial charge on any atom is 0.255 e. The average Bonchev–Trinajstić information content (AvgIpc) is 2.76. The van der Waals surface area contributed by atoms with E-state index < -0.39 is 0 Å². The lowest BCUT2D eigenvalue weighted by Gasteiger charge is -2.11. The van der Waals surface area contributed by atoms with Gasteiger partial charge in [0.25, 0.3) is 5.91 Å². The number of nitrogens with one attached hydrogen (secondary N) is 2. The number of carbonyl (C=O) groups is 1. The van der Waals surface area contributed by atoms with Gasteiger partial charge < -0.3 is 10.6 Å². The molecule has 5 nitrogen and oxygen atoms in total. The number of benzene rings is 3. The largest absolute Gasteiger partial charge is 0.340 e. The molecule has 0 aliphatic carbocycles. The van der Waals surface area contributed by atoms with Crippen LogP contribution in [0.5, 0.6) is 0 Å². The fourth-order valence-electron chi connectivity index (χ4n) is 3.39. The second-order valence-electron chi connectivity index (χ2n) is 7.61. The van der Waals surface area contributed by atoms with Crippen molar-refractivity contribution in [1.82, 2.24) is 9.97 Å². The summed E-state index contributed by atoms with van der Waals surface area (Å²) in [6.07, 6.45) is 1.73. The Morgan fingerprint density at radius 3 is 2.45 bits per heavy atom. The Balaban J connectivity index is 1.52. The first-order chi connectivity index (χ1) is 15.0. The van der Waals surface area contributed by atoms with E-state index in [2.05, 4.69) is 32.7 Å². The summed E-state index contributed by atoms with van der Waals surface area (Å²) < 4.78 is 0. The van der Waals surface area contributed by atoms with Crippen molar-refractivity contribution in [2.45, 2.75) is 20.8 Å². The third-order valence-corrected chi connectivity index (χ3v) is 4.96. The van der Waals surface area contributed by atoms with Crippen LogP contribution in [-0.2, 0) is 0 Å². The van der Waals surface area contributed by atoms with Crippen LogP contribution < -0.4 is 10.6 Å². The Labute approximate surface area is 182 Å². The minimum Gasteiger partial charge on any atom is -0.340 e. The van der Waals surface area contributed by atoms with Gasteiger partial charge in [0.1, 0.15) is 5.82 Å². The maximum atomic E-state index is 12.8. The van der Waals surface area contributed by atoms with E-state index in [0.29, 0.717) is 17.2 Å². The number of rotatable bonds is 5. The van der Waals surface area contributed by atoms with Crippen LogP contribution in [0.1, 0.15) is 27.0 Å². The van der Waals surface area contributed by atoms with Gasteiger partial charge in [0.15, 0.2) is 5.82 Å². The molecule has 1 amide bonds. The molecule has 1 heterocycles. The molecule has 154 valence electrons. The van der Waals surface area contributed by atoms with E-state index in [4.69, 9.17) is 0 Å². The van der Waals surface area contributed by atoms with Gasteiger partial charge in [-0.2, -0.15) is 0 Å². The van der Waals surface area contributed by atoms with Crippen molar-refractivity contribution in [3.8, 4) is 11.4 Å². The summed E-state index contributed by atoms with van der Waals surface area (Å²) in [5.74, 6) is 1.16. The summed E-state index contributed by atoms with van der Waals surface area (Å²) in [5, 5.41) is 6.26. The second kappa shape index (κ2) is 8.79. The van der Waals surface area contributed by atoms with Crippen LogP contribution >= 0.6 is 0 Å². The van der Waals surface area contributed by atoms with Gasteiger partial charge in [-0.15, -0.1) is 0 Å². The van der Waals surface area contributed by atoms with Crippen molar-refractivity contribution in [1.29, 1.82) is 0 Å². The van der Waals surface area contributed by atoms with Gasteiger partial charge >= 0.3 is 0 Å². The highest BCUT2D eigenvalue weighted by Crippen LogP contribution is 2.22. The molecular weight excluding hydrogens is 384 g/mol. The zero-order valence-electron chi connectivity index (χ0n) is 17.8. The van der Waals surface area contributed by atoms with E-state index >= 15 is 0 Å². The number of hydrogen-bond donors (Lipinski definition) is 2. The molecule has 0 bridgehead atoms. The maximum absolute atomic E-state index is 12.8. The molecular formula is C26H24N4O. The summed E-state index contributed by atoms with van der Waals surface area (Å²) in [7, 11) is 0. The molecule has 0 aliphatic heterocycles. The SMILES string of the molecule is Cc1cccc(-c2nccc(Nc3cccc(C(=O)Nc4ccc(C)cc4C)c3)n2)c1. The Bertz CT molecular complexity index is 1250. The molecule has 1 aromatic heterocycles. The first-order valence-corrected chi connectivity index (χ1v) is 10.1. The zero-order valence-corrected chi connectivity index (χ0v) is 17.8. The number of nitrogens with zero attached hydrogens (tertiary/aromatic N) is 2. The number of amides is 1. The highest BCUT2D eigenvalue weighted by Gasteiger charge is 2.09. The standard InChI is InChI=1S/C26H24N4O/c1-17-6-4-7-20(15-17)25-27-13-12-24(30-25)28-22-9-5-8-21(16-22)26(31)29-23-11-10-18(2)14-19(23)3/h4-16H,1-3H3,(H,29,31)(H,27,28,30). The predicted octanol–water partition coefficient (Wildman–Crippen LogP) is 6.06. The normalized spacial score (nSPS) is 10.5. The molecule has 0 saturated heterocycles. The molecule has 0 unspecified atom stereocenters. The molecule has 0 spiro atoms. The van der Waals surface area contributed by atoms with E-state index in [9.17, 15) is 4.79 Å². The van der Waals surface area contributed by atoms with Crippen LogP contribution in [0.4, 0.5) is 17.2 Å². The van der Waals surface area contributed by atoms with E-state index in [1.165, 1.54) is 0 Å². The van der Waals surface area contributed by atoms with Crippen molar-refractivity contribution in [2.24, 2.45) is 0 Å². The van der Waals surface area contributed by atoms with Crippen molar-refractivity contribution < 1.29 is 4.79 Å². The van der Waals surface area contributed by atoms with E-state index in [0.717, 1.165) is 33.6 Å². The van der Waals surface area contributed by atoms with Gasteiger partial charge in [-0.05, 0) is 62.7 Å². The lowest BCUT2D eigenvalue weighted by molar-refractivity contribution is 0.102. The quantitative estimate of drug-likeness (QED) is 0.421. The Morgan fingerprint density at radius 2 is 1.65 bits per heavy atom. The highest BCUT2D eigenvalue weighted by molar-refractivity contribution is 6.05. The van der Waals surface area contributed by atoms with E-state index in [1.807, 2.05) is 75.4 Å². The lowest BCUT2D eigenvalue weighted by Crippen LogP contribution is -2.13. The molecule has 0 saturated carbocycles. The van der Waals surface area contributed by atoms with Crippen LogP contribution in [0, 0.1) is 20.8 Å². The van der Waals surface area contributed by atoms with Gasteiger partial charge in [0.05, 0.1) is 0 Å². The number of anilines is 3. The highest BCUT2D eigenvalue weighted by atomic mass is 16.1. The third kappa shape index (κ3) is 4.95. The summed E-state index contributed by atoms with van der Waals surface area (Å²) >= 11 is 0. The fraction of sp³-hybridized carbons (Fsp3) is 0.115. The predicted molar refractivity (Wildman–Crippen MR) is 126 cm³/mol. The van der Waals surface area contributed by atoms with Gasteiger partial charge in [-0.3, -0.25) is 4.79 Å². The van der Waals surface area contributed by atoms with Crippen LogP contribution in [0.3, 0.4) is 0 Å². The molecule has 31 heavy (non-hydrogen) atoms. The summed E-state index contributed by atoms with van der Waals surface area (Å²) in [4.78, 5) is 21.8. The average molecular weight is 409 g/mol. The molecule has 0 radical (unpaired) electrons. The number of aryl methyl sites for hydroxylation is 3. The molecule has 0 atom stereocenters. The second-order valence-corrected chi connectivity index (χ2v) is 7.61. The summed E-state index contributed by atoms with van der Waals surface area (Å²) in [6, 6.07) is 23.2. The fourth-order valence-corrected chi connectivity index (χ4v) is 3.39.